The molecule has 0 heterocycles. The summed E-state index contributed by atoms with van der Waals surface area (Å²) < 4.78 is 25.8. The van der Waals surface area contributed by atoms with E-state index in [9.17, 15) is 8.42 Å². The van der Waals surface area contributed by atoms with Gasteiger partial charge in [0.15, 0.2) is 0 Å². The van der Waals surface area contributed by atoms with E-state index in [4.69, 9.17) is 9.35 Å². The normalized spacial score (nSPS) is 9.29. The Bertz CT molecular complexity index is 122. The summed E-state index contributed by atoms with van der Waals surface area (Å²) in [6.07, 6.45) is 0. The van der Waals surface area contributed by atoms with Crippen molar-refractivity contribution in [2.45, 2.75) is 0 Å². The molecule has 0 amide bonds. The molecular formula is CH2CoO4S. The van der Waals surface area contributed by atoms with Crippen LogP contribution in [0.15, 0.2) is 0 Å². The first-order valence-electron chi connectivity index (χ1n) is 0.987. The summed E-state index contributed by atoms with van der Waals surface area (Å²) in [6.45, 7) is 0. The first kappa shape index (κ1) is 10.1. The Hall–Kier alpha value is 0.0865. The van der Waals surface area contributed by atoms with E-state index in [0.717, 1.165) is 0 Å². The van der Waals surface area contributed by atoms with Crippen molar-refractivity contribution in [3.05, 3.63) is 0 Å². The van der Waals surface area contributed by atoms with Crippen LogP contribution in [-0.2, 0) is 31.7 Å². The molecule has 0 aliphatic heterocycles. The van der Waals surface area contributed by atoms with Gasteiger partial charge in [0.1, 0.15) is 0 Å². The first-order chi connectivity index (χ1) is 2.56. The molecule has 0 aliphatic carbocycles. The molecule has 1 radical (unpaired) electrons. The molecule has 0 aromatic rings. The Morgan fingerprint density at radius 1 is 1.43 bits per heavy atom. The summed E-state index contributed by atoms with van der Waals surface area (Å²) in [5, 5.41) is 0. The minimum Gasteiger partial charge on any atom is -0.283 e. The number of hydrogen-bond donors (Lipinski definition) is 1. The van der Waals surface area contributed by atoms with Crippen LogP contribution < -0.4 is 0 Å². The van der Waals surface area contributed by atoms with Gasteiger partial charge in [-0.1, -0.05) is 0 Å². The summed E-state index contributed by atoms with van der Waals surface area (Å²) in [5.74, 6) is 0. The third-order valence-corrected chi connectivity index (χ3v) is 0.365. The molecule has 0 atom stereocenters. The molecule has 0 bridgehead atoms. The second-order valence-electron chi connectivity index (χ2n) is 0.611. The van der Waals surface area contributed by atoms with Crippen molar-refractivity contribution in [2.24, 2.45) is 0 Å². The van der Waals surface area contributed by atoms with E-state index in [1.54, 1.807) is 0 Å². The number of carbonyl (C=O) groups is 1. The van der Waals surface area contributed by atoms with Crippen LogP contribution in [0.1, 0.15) is 0 Å². The molecule has 0 saturated carbocycles. The molecule has 0 fully saturated rings. The van der Waals surface area contributed by atoms with Gasteiger partial charge in [-0.3, -0.25) is 9.35 Å². The van der Waals surface area contributed by atoms with Crippen molar-refractivity contribution in [2.75, 3.05) is 0 Å². The van der Waals surface area contributed by atoms with Crippen LogP contribution in [0.5, 0.6) is 0 Å². The van der Waals surface area contributed by atoms with Gasteiger partial charge in [-0.25, -0.2) is 0 Å². The van der Waals surface area contributed by atoms with E-state index < -0.39 is 15.7 Å². The molecule has 6 heteroatoms. The standard InChI is InChI=1S/CH2O4S.Co/c2-1-6(3,4)5;/h1H,(H,3,4,5);. The van der Waals surface area contributed by atoms with Crippen LogP contribution in [0.3, 0.4) is 0 Å². The van der Waals surface area contributed by atoms with Crippen LogP contribution in [-0.4, -0.2) is 18.6 Å². The van der Waals surface area contributed by atoms with E-state index in [1.165, 1.54) is 0 Å². The maximum Gasteiger partial charge on any atom is 0.325 e. The maximum atomic E-state index is 9.19. The minimum atomic E-state index is -4.34. The SMILES string of the molecule is O=CS(=O)(=O)O.[Co]. The summed E-state index contributed by atoms with van der Waals surface area (Å²) in [6, 6.07) is 0. The Morgan fingerprint density at radius 3 is 1.57 bits per heavy atom. The zero-order valence-corrected chi connectivity index (χ0v) is 4.85. The molecule has 1 N–H and O–H groups in total. The van der Waals surface area contributed by atoms with Crippen molar-refractivity contribution in [1.82, 2.24) is 0 Å². The largest absolute Gasteiger partial charge is 0.325 e. The van der Waals surface area contributed by atoms with Crippen molar-refractivity contribution < 1.29 is 34.5 Å². The summed E-state index contributed by atoms with van der Waals surface area (Å²) in [4.78, 5) is 8.99. The van der Waals surface area contributed by atoms with Gasteiger partial charge in [-0.2, -0.15) is 8.42 Å². The minimum absolute atomic E-state index is 0. The van der Waals surface area contributed by atoms with Gasteiger partial charge in [0.05, 0.1) is 0 Å². The predicted molar refractivity (Wildman–Crippen MR) is 18.3 cm³/mol. The van der Waals surface area contributed by atoms with E-state index in [2.05, 4.69) is 0 Å². The zero-order chi connectivity index (χ0) is 5.21. The molecule has 0 spiro atoms. The second-order valence-corrected chi connectivity index (χ2v) is 1.83. The van der Waals surface area contributed by atoms with Gasteiger partial charge >= 0.3 is 10.1 Å². The molecule has 45 valence electrons. The van der Waals surface area contributed by atoms with Gasteiger partial charge < -0.3 is 0 Å². The average molecular weight is 169 g/mol. The molecule has 7 heavy (non-hydrogen) atoms. The Morgan fingerprint density at radius 2 is 1.57 bits per heavy atom. The van der Waals surface area contributed by atoms with Gasteiger partial charge in [-0.05, 0) is 0 Å². The van der Waals surface area contributed by atoms with Crippen LogP contribution in [0, 0.1) is 0 Å². The zero-order valence-electron chi connectivity index (χ0n) is 2.99. The van der Waals surface area contributed by atoms with Gasteiger partial charge in [-0.15, -0.1) is 0 Å². The predicted octanol–water partition coefficient (Wildman–Crippen LogP) is -0.938. The fourth-order valence-electron chi connectivity index (χ4n) is 0. The number of carbonyl (C=O) groups excluding carboxylic acids is 1. The Kier molecular flexibility index (Phi) is 4.55. The van der Waals surface area contributed by atoms with Gasteiger partial charge in [0.25, 0.3) is 5.62 Å². The van der Waals surface area contributed by atoms with Crippen molar-refractivity contribution >= 4 is 15.7 Å². The third kappa shape index (κ3) is 10.7. The molecule has 0 unspecified atom stereocenters. The summed E-state index contributed by atoms with van der Waals surface area (Å²) >= 11 is 0. The number of rotatable bonds is 1. The molecule has 0 aromatic carbocycles. The van der Waals surface area contributed by atoms with Gasteiger partial charge in [0.2, 0.25) is 0 Å². The second kappa shape index (κ2) is 3.14. The summed E-state index contributed by atoms with van der Waals surface area (Å²) in [7, 11) is -4.34. The third-order valence-electron chi connectivity index (χ3n) is 0.122. The fourth-order valence-corrected chi connectivity index (χ4v) is 0. The molecule has 4 nitrogen and oxygen atoms in total. The molecular weight excluding hydrogens is 167 g/mol. The van der Waals surface area contributed by atoms with E-state index in [1.807, 2.05) is 0 Å². The Labute approximate surface area is 50.8 Å². The van der Waals surface area contributed by atoms with Crippen LogP contribution in [0.2, 0.25) is 0 Å². The average Bonchev–Trinajstić information content (AvgIpc) is 1.35. The maximum absolute atomic E-state index is 9.19. The molecule has 0 aromatic heterocycles. The number of hydrogen-bond acceptors (Lipinski definition) is 3. The Balaban J connectivity index is 0. The topological polar surface area (TPSA) is 71.4 Å². The molecule has 0 saturated heterocycles. The fraction of sp³-hybridized carbons (Fsp3) is 0. The van der Waals surface area contributed by atoms with E-state index in [0.29, 0.717) is 0 Å². The van der Waals surface area contributed by atoms with E-state index in [-0.39, 0.29) is 16.8 Å². The quantitative estimate of drug-likeness (QED) is 0.406. The first-order valence-corrected chi connectivity index (χ1v) is 2.49. The van der Waals surface area contributed by atoms with Gasteiger partial charge in [0, 0.05) is 16.8 Å². The smallest absolute Gasteiger partial charge is 0.283 e. The summed E-state index contributed by atoms with van der Waals surface area (Å²) in [5.41, 5.74) is -0.535. The van der Waals surface area contributed by atoms with Crippen LogP contribution in [0.4, 0.5) is 0 Å². The van der Waals surface area contributed by atoms with Crippen LogP contribution >= 0.6 is 0 Å². The van der Waals surface area contributed by atoms with Crippen LogP contribution in [0.25, 0.3) is 0 Å². The van der Waals surface area contributed by atoms with E-state index >= 15 is 0 Å². The monoisotopic (exact) mass is 169 g/mol. The van der Waals surface area contributed by atoms with Crippen molar-refractivity contribution in [3.8, 4) is 0 Å². The molecule has 0 aliphatic rings. The van der Waals surface area contributed by atoms with Crippen molar-refractivity contribution in [3.63, 3.8) is 0 Å². The molecule has 0 rings (SSSR count). The van der Waals surface area contributed by atoms with Crippen molar-refractivity contribution in [1.29, 1.82) is 0 Å².